The van der Waals surface area contributed by atoms with Crippen LogP contribution in [-0.2, 0) is 14.3 Å². The molecule has 1 aromatic heterocycles. The van der Waals surface area contributed by atoms with Crippen molar-refractivity contribution >= 4 is 17.7 Å². The van der Waals surface area contributed by atoms with Crippen LogP contribution in [0.4, 0.5) is 10.2 Å². The number of benzene rings is 1. The Balaban J connectivity index is 1.90. The van der Waals surface area contributed by atoms with Crippen molar-refractivity contribution in [2.45, 2.75) is 6.42 Å². The van der Waals surface area contributed by atoms with Gasteiger partial charge in [-0.3, -0.25) is 19.6 Å². The average molecular weight is 303 g/mol. The maximum atomic E-state index is 13.0. The third kappa shape index (κ3) is 2.45. The van der Waals surface area contributed by atoms with Crippen molar-refractivity contribution in [3.63, 3.8) is 0 Å². The fourth-order valence-corrected chi connectivity index (χ4v) is 2.57. The molecule has 6 nitrogen and oxygen atoms in total. The fraction of sp³-hybridized carbons (Fsp3) is 0.267. The second-order valence-corrected chi connectivity index (χ2v) is 5.07. The van der Waals surface area contributed by atoms with Crippen LogP contribution in [0.2, 0.25) is 0 Å². The van der Waals surface area contributed by atoms with Gasteiger partial charge in [0, 0.05) is 18.5 Å². The van der Waals surface area contributed by atoms with Crippen LogP contribution in [0.25, 0.3) is 11.1 Å². The van der Waals surface area contributed by atoms with Crippen molar-refractivity contribution in [3.8, 4) is 11.1 Å². The maximum Gasteiger partial charge on any atom is 0.311 e. The van der Waals surface area contributed by atoms with Gasteiger partial charge in [-0.2, -0.15) is 5.10 Å². The quantitative estimate of drug-likeness (QED) is 0.876. The molecule has 0 radical (unpaired) electrons. The molecule has 1 aliphatic heterocycles. The van der Waals surface area contributed by atoms with Crippen LogP contribution in [0.3, 0.4) is 0 Å². The molecule has 3 rings (SSSR count). The largest absolute Gasteiger partial charge is 0.469 e. The summed E-state index contributed by atoms with van der Waals surface area (Å²) < 4.78 is 17.7. The van der Waals surface area contributed by atoms with Crippen LogP contribution in [0.5, 0.6) is 0 Å². The number of nitrogens with one attached hydrogen (secondary N) is 1. The van der Waals surface area contributed by atoms with E-state index in [1.165, 1.54) is 24.1 Å². The zero-order chi connectivity index (χ0) is 15.7. The fourth-order valence-electron chi connectivity index (χ4n) is 2.57. The van der Waals surface area contributed by atoms with Crippen molar-refractivity contribution in [1.29, 1.82) is 0 Å². The van der Waals surface area contributed by atoms with E-state index in [1.807, 2.05) is 0 Å². The Morgan fingerprint density at radius 3 is 2.82 bits per heavy atom. The number of nitrogens with zero attached hydrogens (tertiary/aromatic N) is 2. The van der Waals surface area contributed by atoms with Gasteiger partial charge in [0.1, 0.15) is 11.6 Å². The molecular formula is C15H14FN3O3. The van der Waals surface area contributed by atoms with Gasteiger partial charge in [-0.1, -0.05) is 12.1 Å². The minimum Gasteiger partial charge on any atom is -0.469 e. The monoisotopic (exact) mass is 303 g/mol. The summed E-state index contributed by atoms with van der Waals surface area (Å²) in [5, 5.41) is 6.74. The first-order chi connectivity index (χ1) is 10.6. The lowest BCUT2D eigenvalue weighted by Gasteiger charge is -2.16. The number of amides is 1. The van der Waals surface area contributed by atoms with Crippen LogP contribution >= 0.6 is 0 Å². The summed E-state index contributed by atoms with van der Waals surface area (Å²) in [4.78, 5) is 25.2. The number of H-pyrrole nitrogens is 1. The second-order valence-electron chi connectivity index (χ2n) is 5.07. The molecule has 1 aliphatic rings. The minimum atomic E-state index is -0.484. The van der Waals surface area contributed by atoms with Gasteiger partial charge in [0.25, 0.3) is 0 Å². The molecule has 1 unspecified atom stereocenters. The first kappa shape index (κ1) is 14.2. The van der Waals surface area contributed by atoms with E-state index in [0.717, 1.165) is 5.56 Å². The van der Waals surface area contributed by atoms with Gasteiger partial charge in [-0.15, -0.1) is 0 Å². The predicted octanol–water partition coefficient (Wildman–Crippen LogP) is 1.74. The second kappa shape index (κ2) is 5.59. The highest BCUT2D eigenvalue weighted by molar-refractivity contribution is 6.01. The summed E-state index contributed by atoms with van der Waals surface area (Å²) in [5.74, 6) is -0.900. The van der Waals surface area contributed by atoms with Gasteiger partial charge >= 0.3 is 5.97 Å². The number of hydrogen-bond acceptors (Lipinski definition) is 4. The van der Waals surface area contributed by atoms with E-state index in [-0.39, 0.29) is 24.7 Å². The predicted molar refractivity (Wildman–Crippen MR) is 76.5 cm³/mol. The van der Waals surface area contributed by atoms with E-state index >= 15 is 0 Å². The molecule has 1 atom stereocenters. The molecule has 1 fully saturated rings. The number of methoxy groups -OCH3 is 1. The van der Waals surface area contributed by atoms with E-state index in [2.05, 4.69) is 10.2 Å². The Bertz CT molecular complexity index is 711. The molecule has 1 N–H and O–H groups in total. The molecule has 22 heavy (non-hydrogen) atoms. The first-order valence-corrected chi connectivity index (χ1v) is 6.77. The topological polar surface area (TPSA) is 75.3 Å². The smallest absolute Gasteiger partial charge is 0.311 e. The summed E-state index contributed by atoms with van der Waals surface area (Å²) in [6.45, 7) is 0.238. The normalized spacial score (nSPS) is 17.8. The van der Waals surface area contributed by atoms with Crippen molar-refractivity contribution < 1.29 is 18.7 Å². The highest BCUT2D eigenvalue weighted by Crippen LogP contribution is 2.33. The summed E-state index contributed by atoms with van der Waals surface area (Å²) in [6, 6.07) is 5.91. The van der Waals surface area contributed by atoms with Crippen molar-refractivity contribution in [2.75, 3.05) is 18.6 Å². The molecular weight excluding hydrogens is 289 g/mol. The van der Waals surface area contributed by atoms with Gasteiger partial charge in [-0.05, 0) is 17.7 Å². The van der Waals surface area contributed by atoms with Gasteiger partial charge in [-0.25, -0.2) is 4.39 Å². The van der Waals surface area contributed by atoms with Gasteiger partial charge in [0.15, 0.2) is 0 Å². The van der Waals surface area contributed by atoms with Crippen LogP contribution in [0.15, 0.2) is 30.5 Å². The van der Waals surface area contributed by atoms with E-state index in [9.17, 15) is 14.0 Å². The SMILES string of the molecule is COC(=O)C1CC(=O)N(c2[nH]ncc2-c2ccc(F)cc2)C1. The first-order valence-electron chi connectivity index (χ1n) is 6.77. The molecule has 0 aliphatic carbocycles. The highest BCUT2D eigenvalue weighted by atomic mass is 19.1. The van der Waals surface area contributed by atoms with E-state index in [1.54, 1.807) is 18.3 Å². The molecule has 1 aromatic carbocycles. The standard InChI is InChI=1S/C15H14FN3O3/c1-22-15(21)10-6-13(20)19(8-10)14-12(7-17-18-14)9-2-4-11(16)5-3-9/h2-5,7,10H,6,8H2,1H3,(H,17,18). The molecule has 7 heteroatoms. The number of ether oxygens (including phenoxy) is 1. The Hall–Kier alpha value is -2.70. The lowest BCUT2D eigenvalue weighted by atomic mass is 10.1. The Morgan fingerprint density at radius 2 is 2.14 bits per heavy atom. The van der Waals surface area contributed by atoms with Crippen molar-refractivity contribution in [2.24, 2.45) is 5.92 Å². The van der Waals surface area contributed by atoms with E-state index < -0.39 is 11.9 Å². The number of anilines is 1. The third-order valence-electron chi connectivity index (χ3n) is 3.70. The third-order valence-corrected chi connectivity index (χ3v) is 3.70. The van der Waals surface area contributed by atoms with Crippen LogP contribution in [0, 0.1) is 11.7 Å². The number of aromatic amines is 1. The summed E-state index contributed by atoms with van der Waals surface area (Å²) in [7, 11) is 1.30. The Labute approximate surface area is 125 Å². The number of halogens is 1. The average Bonchev–Trinajstić information content (AvgIpc) is 3.13. The number of carbonyl (C=O) groups is 2. The Kier molecular flexibility index (Phi) is 3.62. The van der Waals surface area contributed by atoms with E-state index in [4.69, 9.17) is 4.74 Å². The maximum absolute atomic E-state index is 13.0. The molecule has 114 valence electrons. The zero-order valence-electron chi connectivity index (χ0n) is 11.9. The molecule has 1 saturated heterocycles. The van der Waals surface area contributed by atoms with Crippen LogP contribution in [0.1, 0.15) is 6.42 Å². The molecule has 0 bridgehead atoms. The van der Waals surface area contributed by atoms with E-state index in [0.29, 0.717) is 11.4 Å². The number of carbonyl (C=O) groups excluding carboxylic acids is 2. The molecule has 0 saturated carbocycles. The van der Waals surface area contributed by atoms with Crippen LogP contribution < -0.4 is 4.90 Å². The summed E-state index contributed by atoms with van der Waals surface area (Å²) in [6.07, 6.45) is 1.68. The van der Waals surface area contributed by atoms with Gasteiger partial charge < -0.3 is 4.74 Å². The minimum absolute atomic E-state index is 0.106. The number of rotatable bonds is 3. The highest BCUT2D eigenvalue weighted by Gasteiger charge is 2.37. The molecule has 2 aromatic rings. The number of aromatic nitrogens is 2. The number of hydrogen-bond donors (Lipinski definition) is 1. The van der Waals surface area contributed by atoms with Gasteiger partial charge in [0.2, 0.25) is 5.91 Å². The zero-order valence-corrected chi connectivity index (χ0v) is 11.9. The Morgan fingerprint density at radius 1 is 1.41 bits per heavy atom. The molecule has 0 spiro atoms. The number of esters is 1. The van der Waals surface area contributed by atoms with Gasteiger partial charge in [0.05, 0.1) is 19.2 Å². The summed E-state index contributed by atoms with van der Waals surface area (Å²) in [5.41, 5.74) is 1.42. The molecule has 1 amide bonds. The lowest BCUT2D eigenvalue weighted by Crippen LogP contribution is -2.27. The summed E-state index contributed by atoms with van der Waals surface area (Å²) >= 11 is 0. The van der Waals surface area contributed by atoms with Crippen LogP contribution in [-0.4, -0.2) is 35.7 Å². The lowest BCUT2D eigenvalue weighted by molar-refractivity contribution is -0.145. The van der Waals surface area contributed by atoms with Crippen molar-refractivity contribution in [3.05, 3.63) is 36.3 Å². The van der Waals surface area contributed by atoms with Crippen molar-refractivity contribution in [1.82, 2.24) is 10.2 Å². The molecule has 2 heterocycles.